The van der Waals surface area contributed by atoms with E-state index in [1.54, 1.807) is 0 Å². The second kappa shape index (κ2) is 6.71. The molecule has 3 aromatic rings. The van der Waals surface area contributed by atoms with Gasteiger partial charge in [0.25, 0.3) is 0 Å². The van der Waals surface area contributed by atoms with Crippen LogP contribution in [-0.4, -0.2) is 15.9 Å². The molecule has 24 heavy (non-hydrogen) atoms. The van der Waals surface area contributed by atoms with Crippen LogP contribution in [0.5, 0.6) is 0 Å². The number of nitrogens with zero attached hydrogens (tertiary/aromatic N) is 1. The lowest BCUT2D eigenvalue weighted by Gasteiger charge is -2.32. The number of aromatic amines is 1. The second-order valence-electron chi connectivity index (χ2n) is 5.98. The van der Waals surface area contributed by atoms with Crippen molar-refractivity contribution in [2.45, 2.75) is 25.2 Å². The summed E-state index contributed by atoms with van der Waals surface area (Å²) in [7, 11) is 0. The molecule has 1 heterocycles. The number of hydrogen-bond acceptors (Lipinski definition) is 2. The van der Waals surface area contributed by atoms with E-state index in [4.69, 9.17) is 5.73 Å². The highest BCUT2D eigenvalue weighted by atomic mass is 16.1. The molecule has 0 saturated carbocycles. The smallest absolute Gasteiger partial charge is 0.232 e. The fourth-order valence-electron chi connectivity index (χ4n) is 3.22. The van der Waals surface area contributed by atoms with Gasteiger partial charge in [0.1, 0.15) is 5.82 Å². The van der Waals surface area contributed by atoms with Crippen molar-refractivity contribution in [1.29, 1.82) is 0 Å². The Balaban J connectivity index is 2.06. The molecule has 0 aliphatic carbocycles. The monoisotopic (exact) mass is 319 g/mol. The van der Waals surface area contributed by atoms with Gasteiger partial charge in [-0.2, -0.15) is 0 Å². The minimum Gasteiger partial charge on any atom is -0.369 e. The van der Waals surface area contributed by atoms with E-state index in [1.807, 2.05) is 73.8 Å². The number of nitrogens with two attached hydrogens (primary N) is 1. The molecule has 0 bridgehead atoms. The number of H-pyrrole nitrogens is 1. The number of primary amides is 1. The summed E-state index contributed by atoms with van der Waals surface area (Å²) >= 11 is 0. The fourth-order valence-corrected chi connectivity index (χ4v) is 3.22. The van der Waals surface area contributed by atoms with Crippen molar-refractivity contribution in [1.82, 2.24) is 9.97 Å². The summed E-state index contributed by atoms with van der Waals surface area (Å²) in [6.07, 6.45) is 3.12. The summed E-state index contributed by atoms with van der Waals surface area (Å²) in [4.78, 5) is 20.2. The second-order valence-corrected chi connectivity index (χ2v) is 5.98. The van der Waals surface area contributed by atoms with E-state index in [-0.39, 0.29) is 5.91 Å². The van der Waals surface area contributed by atoms with Crippen LogP contribution < -0.4 is 5.73 Å². The van der Waals surface area contributed by atoms with Crippen LogP contribution in [0.25, 0.3) is 0 Å². The molecule has 4 nitrogen and oxygen atoms in total. The highest BCUT2D eigenvalue weighted by Gasteiger charge is 2.40. The van der Waals surface area contributed by atoms with Gasteiger partial charge in [-0.3, -0.25) is 4.79 Å². The first-order valence-electron chi connectivity index (χ1n) is 8.05. The van der Waals surface area contributed by atoms with Crippen molar-refractivity contribution < 1.29 is 4.79 Å². The maximum absolute atomic E-state index is 12.6. The van der Waals surface area contributed by atoms with E-state index < -0.39 is 5.41 Å². The average Bonchev–Trinajstić information content (AvgIpc) is 3.02. The van der Waals surface area contributed by atoms with Gasteiger partial charge in [0.05, 0.1) is 11.1 Å². The summed E-state index contributed by atoms with van der Waals surface area (Å²) in [6.45, 7) is 1.92. The Bertz CT molecular complexity index is 770. The highest BCUT2D eigenvalue weighted by molar-refractivity contribution is 5.90. The van der Waals surface area contributed by atoms with Crippen molar-refractivity contribution >= 4 is 5.91 Å². The Hall–Kier alpha value is -2.88. The van der Waals surface area contributed by atoms with Crippen LogP contribution in [-0.2, 0) is 16.6 Å². The van der Waals surface area contributed by atoms with Crippen molar-refractivity contribution in [3.05, 3.63) is 89.5 Å². The normalized spacial score (nSPS) is 11.4. The van der Waals surface area contributed by atoms with E-state index in [9.17, 15) is 4.79 Å². The van der Waals surface area contributed by atoms with Crippen molar-refractivity contribution in [3.8, 4) is 0 Å². The van der Waals surface area contributed by atoms with Gasteiger partial charge in [0.15, 0.2) is 0 Å². The number of hydrogen-bond donors (Lipinski definition) is 2. The molecule has 1 aromatic heterocycles. The third-order valence-corrected chi connectivity index (χ3v) is 4.47. The van der Waals surface area contributed by atoms with Crippen LogP contribution in [0.1, 0.15) is 29.1 Å². The Labute approximate surface area is 141 Å². The summed E-state index contributed by atoms with van der Waals surface area (Å²) in [5, 5.41) is 0. The van der Waals surface area contributed by atoms with E-state index in [2.05, 4.69) is 9.97 Å². The molecule has 0 saturated heterocycles. The third-order valence-electron chi connectivity index (χ3n) is 4.47. The predicted octanol–water partition coefficient (Wildman–Crippen LogP) is 3.12. The van der Waals surface area contributed by atoms with Gasteiger partial charge in [-0.1, -0.05) is 60.7 Å². The first-order valence-corrected chi connectivity index (χ1v) is 8.05. The van der Waals surface area contributed by atoms with Crippen molar-refractivity contribution in [2.75, 3.05) is 0 Å². The summed E-state index contributed by atoms with van der Waals surface area (Å²) < 4.78 is 0. The summed E-state index contributed by atoms with van der Waals surface area (Å²) in [5.74, 6) is 0.529. The van der Waals surface area contributed by atoms with Crippen LogP contribution in [0.3, 0.4) is 0 Å². The van der Waals surface area contributed by atoms with E-state index >= 15 is 0 Å². The predicted molar refractivity (Wildman–Crippen MR) is 94.5 cm³/mol. The molecule has 0 aliphatic rings. The Kier molecular flexibility index (Phi) is 4.47. The topological polar surface area (TPSA) is 71.8 Å². The zero-order chi connectivity index (χ0) is 17.0. The molecular weight excluding hydrogens is 298 g/mol. The molecule has 4 heteroatoms. The highest BCUT2D eigenvalue weighted by Crippen LogP contribution is 2.36. The number of imidazole rings is 1. The summed E-state index contributed by atoms with van der Waals surface area (Å²) in [6, 6.07) is 19.5. The molecule has 0 atom stereocenters. The van der Waals surface area contributed by atoms with Crippen molar-refractivity contribution in [3.63, 3.8) is 0 Å². The van der Waals surface area contributed by atoms with Crippen LogP contribution in [0.2, 0.25) is 0 Å². The maximum Gasteiger partial charge on any atom is 0.232 e. The van der Waals surface area contributed by atoms with E-state index in [1.165, 1.54) is 0 Å². The van der Waals surface area contributed by atoms with Crippen LogP contribution in [0, 0.1) is 6.92 Å². The Morgan fingerprint density at radius 1 is 1.04 bits per heavy atom. The van der Waals surface area contributed by atoms with Crippen molar-refractivity contribution in [2.24, 2.45) is 5.73 Å². The maximum atomic E-state index is 12.6. The standard InChI is InChI=1S/C20H21N3O/c1-15-22-14-18(23-15)12-13-20(19(21)24,16-8-4-2-5-9-16)17-10-6-3-7-11-17/h2-11,14H,12-13H2,1H3,(H2,21,24)(H,22,23). The van der Waals surface area contributed by atoms with Gasteiger partial charge >= 0.3 is 0 Å². The molecule has 3 rings (SSSR count). The molecule has 122 valence electrons. The fraction of sp³-hybridized carbons (Fsp3) is 0.200. The molecule has 2 aromatic carbocycles. The lowest BCUT2D eigenvalue weighted by molar-refractivity contribution is -0.122. The zero-order valence-corrected chi connectivity index (χ0v) is 13.7. The van der Waals surface area contributed by atoms with Gasteiger partial charge in [-0.05, 0) is 30.9 Å². The molecule has 3 N–H and O–H groups in total. The number of aryl methyl sites for hydroxylation is 2. The first kappa shape index (κ1) is 16.0. The Morgan fingerprint density at radius 2 is 1.58 bits per heavy atom. The van der Waals surface area contributed by atoms with Crippen LogP contribution in [0.15, 0.2) is 66.9 Å². The van der Waals surface area contributed by atoms with Gasteiger partial charge < -0.3 is 10.7 Å². The first-order chi connectivity index (χ1) is 11.6. The number of aromatic nitrogens is 2. The minimum absolute atomic E-state index is 0.341. The number of carbonyl (C=O) groups is 1. The third kappa shape index (κ3) is 2.95. The van der Waals surface area contributed by atoms with Gasteiger partial charge in [-0.25, -0.2) is 4.98 Å². The zero-order valence-electron chi connectivity index (χ0n) is 13.7. The molecular formula is C20H21N3O. The number of rotatable bonds is 6. The molecule has 0 unspecified atom stereocenters. The average molecular weight is 319 g/mol. The lowest BCUT2D eigenvalue weighted by Crippen LogP contribution is -2.42. The SMILES string of the molecule is Cc1nc(CCC(C(N)=O)(c2ccccc2)c2ccccc2)c[nH]1. The van der Waals surface area contributed by atoms with E-state index in [0.29, 0.717) is 12.8 Å². The molecule has 0 fully saturated rings. The van der Waals surface area contributed by atoms with Gasteiger partial charge in [0, 0.05) is 6.20 Å². The number of nitrogens with one attached hydrogen (secondary N) is 1. The lowest BCUT2D eigenvalue weighted by atomic mass is 9.70. The quantitative estimate of drug-likeness (QED) is 0.733. The minimum atomic E-state index is -0.866. The van der Waals surface area contributed by atoms with Crippen LogP contribution in [0.4, 0.5) is 0 Å². The van der Waals surface area contributed by atoms with Gasteiger partial charge in [-0.15, -0.1) is 0 Å². The summed E-state index contributed by atoms with van der Waals surface area (Å²) in [5.41, 5.74) is 7.83. The Morgan fingerprint density at radius 3 is 2.00 bits per heavy atom. The molecule has 1 amide bonds. The number of carbonyl (C=O) groups excluding carboxylic acids is 1. The van der Waals surface area contributed by atoms with Gasteiger partial charge in [0.2, 0.25) is 5.91 Å². The van der Waals surface area contributed by atoms with E-state index in [0.717, 1.165) is 22.6 Å². The molecule has 0 aliphatic heterocycles. The number of benzene rings is 2. The molecule has 0 radical (unpaired) electrons. The largest absolute Gasteiger partial charge is 0.369 e. The molecule has 0 spiro atoms. The number of amides is 1. The van der Waals surface area contributed by atoms with Crippen LogP contribution >= 0.6 is 0 Å².